The number of halogens is 4. The number of hydrogen-bond acceptors (Lipinski definition) is 16. The zero-order chi connectivity index (χ0) is 62.2. The smallest absolute Gasteiger partial charge is 0.380 e. The fourth-order valence-corrected chi connectivity index (χ4v) is 15.4. The van der Waals surface area contributed by atoms with E-state index in [9.17, 15) is 49.7 Å². The maximum atomic E-state index is 14.4. The van der Waals surface area contributed by atoms with E-state index in [2.05, 4.69) is 60.3 Å². The lowest BCUT2D eigenvalue weighted by molar-refractivity contribution is -0.120. The van der Waals surface area contributed by atoms with E-state index in [0.29, 0.717) is 73.9 Å². The van der Waals surface area contributed by atoms with E-state index in [1.54, 1.807) is 18.2 Å². The minimum Gasteiger partial charge on any atom is -0.380 e. The predicted molar refractivity (Wildman–Crippen MR) is 336 cm³/mol. The van der Waals surface area contributed by atoms with Gasteiger partial charge in [-0.3, -0.25) is 29.6 Å². The monoisotopic (exact) mass is 1280 g/mol. The molecule has 10 rings (SSSR count). The van der Waals surface area contributed by atoms with Crippen LogP contribution in [0.2, 0.25) is 5.02 Å². The molecule has 4 fully saturated rings. The van der Waals surface area contributed by atoms with Gasteiger partial charge in [-0.1, -0.05) is 54.4 Å². The largest absolute Gasteiger partial charge is 0.501 e. The average Bonchev–Trinajstić information content (AvgIpc) is 2.08. The molecular formula is C63H72ClF3N10O8S3. The summed E-state index contributed by atoms with van der Waals surface area (Å²) < 4.78 is 105. The van der Waals surface area contributed by atoms with Gasteiger partial charge in [0.15, 0.2) is 0 Å². The molecule has 18 nitrogen and oxygen atoms in total. The van der Waals surface area contributed by atoms with E-state index in [1.807, 2.05) is 59.3 Å². The van der Waals surface area contributed by atoms with Crippen molar-refractivity contribution in [3.63, 3.8) is 0 Å². The maximum absolute atomic E-state index is 14.4. The number of sulfone groups is 1. The average molecular weight is 1290 g/mol. The molecule has 4 aliphatic heterocycles. The summed E-state index contributed by atoms with van der Waals surface area (Å²) >= 11 is 7.81. The molecule has 4 amide bonds. The first-order chi connectivity index (χ1) is 42.1. The van der Waals surface area contributed by atoms with Gasteiger partial charge in [0.05, 0.1) is 28.4 Å². The SMILES string of the molecule is C[C@@]1(CN2CCN(c3ccc(N4CCC(=O)NC4=O)cc3C#N)CC2)CCC(c2ccc(Cl)cc2)=C(CN2CCN(c3ccc(C(=O)NS(=O)(=O)c4ccc(N[C@H](CCN5CCCOCC5)CSc5ccccc5)c(S(=O)(=O)C(F)(F)F)c4)cc3)CC2)C1. The van der Waals surface area contributed by atoms with Gasteiger partial charge < -0.3 is 24.8 Å². The Morgan fingerprint density at radius 3 is 2.20 bits per heavy atom. The number of ether oxygens (including phenoxy) is 1. The Hall–Kier alpha value is -6.69. The summed E-state index contributed by atoms with van der Waals surface area (Å²) in [6, 6.07) is 32.9. The lowest BCUT2D eigenvalue weighted by Crippen LogP contribution is -2.50. The van der Waals surface area contributed by atoms with E-state index < -0.39 is 58.8 Å². The van der Waals surface area contributed by atoms with E-state index in [1.165, 1.54) is 39.9 Å². The molecule has 0 bridgehead atoms. The van der Waals surface area contributed by atoms with Crippen LogP contribution < -0.4 is 30.1 Å². The van der Waals surface area contributed by atoms with Crippen molar-refractivity contribution in [2.75, 3.05) is 131 Å². The number of nitrogens with one attached hydrogen (secondary N) is 3. The summed E-state index contributed by atoms with van der Waals surface area (Å²) in [6.45, 7) is 13.4. The number of thioether (sulfide) groups is 1. The van der Waals surface area contributed by atoms with Crippen LogP contribution in [0.4, 0.5) is 40.7 Å². The van der Waals surface area contributed by atoms with E-state index in [4.69, 9.17) is 16.3 Å². The van der Waals surface area contributed by atoms with E-state index in [-0.39, 0.29) is 29.9 Å². The quantitative estimate of drug-likeness (QED) is 0.0620. The molecule has 4 heterocycles. The first kappa shape index (κ1) is 64.3. The van der Waals surface area contributed by atoms with Gasteiger partial charge in [0.2, 0.25) is 5.91 Å². The van der Waals surface area contributed by atoms with Crippen molar-refractivity contribution < 1.29 is 49.1 Å². The maximum Gasteiger partial charge on any atom is 0.501 e. The number of alkyl halides is 3. The number of carbonyl (C=O) groups is 3. The zero-order valence-electron chi connectivity index (χ0n) is 48.9. The molecule has 0 aromatic heterocycles. The topological polar surface area (TPSA) is 208 Å². The third kappa shape index (κ3) is 15.8. The predicted octanol–water partition coefficient (Wildman–Crippen LogP) is 9.34. The van der Waals surface area contributed by atoms with Crippen molar-refractivity contribution in [3.05, 3.63) is 143 Å². The van der Waals surface area contributed by atoms with Crippen LogP contribution in [0, 0.1) is 16.7 Å². The zero-order valence-corrected chi connectivity index (χ0v) is 52.1. The van der Waals surface area contributed by atoms with Gasteiger partial charge in [0, 0.05) is 143 Å². The number of urea groups is 1. The van der Waals surface area contributed by atoms with Crippen molar-refractivity contribution >= 4 is 89.4 Å². The third-order valence-electron chi connectivity index (χ3n) is 17.1. The Balaban J connectivity index is 0.760. The standard InChI is InChI=1S/C63H72ClF3N10O8S3/c1-62(44-74-29-33-76(34-30-74)57-19-16-52(38-47(57)41-68)77-26-22-59(78)70-61(77)80)23-20-55(45-8-12-49(64)13-9-45)48(40-62)42-73-27-31-75(32-28-73)51-14-10-46(11-15-51)60(79)71-88(83,84)54-17-18-56(58(39-54)87(81,82)63(65,66)67)69-50(43-86-53-6-3-2-4-7-53)21-25-72-24-5-36-85-37-35-72/h2-4,6-19,38-39,50,69H,5,20-37,40,42-44H2,1H3,(H,71,79)(H,70,78,80)/t50-,62-/m1/s1. The molecule has 0 unspecified atom stereocenters. The summed E-state index contributed by atoms with van der Waals surface area (Å²) in [5.74, 6) is -1.02. The molecule has 0 spiro atoms. The number of allylic oxidation sites excluding steroid dienone is 1. The van der Waals surface area contributed by atoms with Crippen molar-refractivity contribution in [3.8, 4) is 6.07 Å². The highest BCUT2D eigenvalue weighted by molar-refractivity contribution is 7.99. The van der Waals surface area contributed by atoms with Gasteiger partial charge in [-0.15, -0.1) is 11.8 Å². The number of sulfonamides is 1. The van der Waals surface area contributed by atoms with Gasteiger partial charge in [0.1, 0.15) is 11.0 Å². The van der Waals surface area contributed by atoms with Crippen molar-refractivity contribution in [2.45, 2.75) is 71.7 Å². The molecule has 2 atom stereocenters. The second kappa shape index (κ2) is 28.0. The van der Waals surface area contributed by atoms with Crippen molar-refractivity contribution in [1.29, 1.82) is 5.26 Å². The van der Waals surface area contributed by atoms with Crippen LogP contribution in [0.3, 0.4) is 0 Å². The van der Waals surface area contributed by atoms with Crippen molar-refractivity contribution in [1.82, 2.24) is 24.7 Å². The lowest BCUT2D eigenvalue weighted by Gasteiger charge is -2.44. The van der Waals surface area contributed by atoms with Gasteiger partial charge in [0.25, 0.3) is 25.8 Å². The minimum absolute atomic E-state index is 0.00744. The van der Waals surface area contributed by atoms with Crippen LogP contribution in [-0.4, -0.2) is 172 Å². The number of piperazine rings is 2. The van der Waals surface area contributed by atoms with Crippen LogP contribution in [0.1, 0.15) is 66.9 Å². The molecule has 3 N–H and O–H groups in total. The molecule has 5 aromatic rings. The Kier molecular flexibility index (Phi) is 20.5. The van der Waals surface area contributed by atoms with Crippen molar-refractivity contribution in [2.24, 2.45) is 5.41 Å². The molecule has 88 heavy (non-hydrogen) atoms. The second-order valence-corrected chi connectivity index (χ2v) is 28.4. The van der Waals surface area contributed by atoms with Crippen LogP contribution in [0.5, 0.6) is 0 Å². The first-order valence-corrected chi connectivity index (χ1v) is 33.9. The van der Waals surface area contributed by atoms with E-state index >= 15 is 0 Å². The summed E-state index contributed by atoms with van der Waals surface area (Å²) in [5.41, 5.74) is 0.338. The fraction of sp³-hybridized carbons (Fsp3) is 0.429. The number of nitrogens with zero attached hydrogens (tertiary/aromatic N) is 7. The number of carbonyl (C=O) groups excluding carboxylic acids is 3. The lowest BCUT2D eigenvalue weighted by atomic mass is 9.71. The molecule has 5 aromatic carbocycles. The Bertz CT molecular complexity index is 3630. The highest BCUT2D eigenvalue weighted by Gasteiger charge is 2.49. The number of rotatable bonds is 20. The highest BCUT2D eigenvalue weighted by Crippen LogP contribution is 2.45. The van der Waals surface area contributed by atoms with E-state index in [0.717, 1.165) is 119 Å². The molecule has 0 saturated carbocycles. The van der Waals surface area contributed by atoms with Crippen LogP contribution in [0.15, 0.2) is 136 Å². The normalized spacial score (nSPS) is 20.1. The first-order valence-electron chi connectivity index (χ1n) is 29.6. The summed E-state index contributed by atoms with van der Waals surface area (Å²) in [4.78, 5) is 49.7. The fourth-order valence-electron chi connectivity index (χ4n) is 12.3. The number of amides is 4. The summed E-state index contributed by atoms with van der Waals surface area (Å²) in [5, 5.41) is 16.2. The molecule has 25 heteroatoms. The Labute approximate surface area is 521 Å². The highest BCUT2D eigenvalue weighted by atomic mass is 35.5. The van der Waals surface area contributed by atoms with Crippen LogP contribution in [-0.2, 0) is 29.4 Å². The molecular weight excluding hydrogens is 1210 g/mol. The van der Waals surface area contributed by atoms with Crippen LogP contribution in [0.25, 0.3) is 5.57 Å². The number of nitriles is 1. The molecule has 4 saturated heterocycles. The Morgan fingerprint density at radius 1 is 0.795 bits per heavy atom. The van der Waals surface area contributed by atoms with Gasteiger partial charge in [-0.05, 0) is 134 Å². The second-order valence-electron chi connectivity index (χ2n) is 23.3. The van der Waals surface area contributed by atoms with Gasteiger partial charge in [-0.25, -0.2) is 26.4 Å². The van der Waals surface area contributed by atoms with Gasteiger partial charge >= 0.3 is 11.5 Å². The third-order valence-corrected chi connectivity index (χ3v) is 21.3. The molecule has 468 valence electrons. The summed E-state index contributed by atoms with van der Waals surface area (Å²) in [7, 11) is -11.0. The molecule has 0 radical (unpaired) electrons. The minimum atomic E-state index is -6.10. The van der Waals surface area contributed by atoms with Crippen LogP contribution >= 0.6 is 23.4 Å². The Morgan fingerprint density at radius 2 is 1.50 bits per heavy atom. The number of benzene rings is 5. The molecule has 5 aliphatic rings. The van der Waals surface area contributed by atoms with Gasteiger partial charge in [-0.2, -0.15) is 18.4 Å². The number of anilines is 4. The number of hydrogen-bond donors (Lipinski definition) is 3. The number of imide groups is 1. The molecule has 1 aliphatic carbocycles. The summed E-state index contributed by atoms with van der Waals surface area (Å²) in [6.07, 6.45) is 4.25.